The third kappa shape index (κ3) is 5.77. The van der Waals surface area contributed by atoms with E-state index in [0.717, 1.165) is 51.8 Å². The van der Waals surface area contributed by atoms with E-state index in [-0.39, 0.29) is 11.2 Å². The summed E-state index contributed by atoms with van der Waals surface area (Å²) in [6.07, 6.45) is 9.30. The number of nitrogens with one attached hydrogen (secondary N) is 2. The van der Waals surface area contributed by atoms with Crippen molar-refractivity contribution >= 4 is 22.3 Å². The molecular formula is C32H32FN9. The van der Waals surface area contributed by atoms with Gasteiger partial charge in [-0.1, -0.05) is 38.1 Å². The number of nitrogens with zero attached hydrogens (tertiary/aromatic N) is 7. The van der Waals surface area contributed by atoms with Gasteiger partial charge in [0.05, 0.1) is 35.0 Å². The highest BCUT2D eigenvalue weighted by molar-refractivity contribution is 6.04. The van der Waals surface area contributed by atoms with E-state index < -0.39 is 6.04 Å². The van der Waals surface area contributed by atoms with Crippen LogP contribution >= 0.6 is 0 Å². The van der Waals surface area contributed by atoms with Crippen molar-refractivity contribution in [1.82, 2.24) is 29.9 Å². The average Bonchev–Trinajstić information content (AvgIpc) is 3.71. The van der Waals surface area contributed by atoms with Crippen LogP contribution in [0, 0.1) is 29.5 Å². The first-order valence-electron chi connectivity index (χ1n) is 14.0. The third-order valence-electron chi connectivity index (χ3n) is 7.24. The van der Waals surface area contributed by atoms with Crippen molar-refractivity contribution in [2.75, 3.05) is 17.2 Å². The number of rotatable bonds is 8. The maximum absolute atomic E-state index is 13.9. The quantitative estimate of drug-likeness (QED) is 0.218. The Morgan fingerprint density at radius 3 is 2.48 bits per heavy atom. The third-order valence-corrected chi connectivity index (χ3v) is 7.24. The van der Waals surface area contributed by atoms with E-state index in [1.807, 2.05) is 29.9 Å². The Morgan fingerprint density at radius 2 is 1.81 bits per heavy atom. The van der Waals surface area contributed by atoms with Gasteiger partial charge in [0.25, 0.3) is 0 Å². The number of benzene rings is 2. The summed E-state index contributed by atoms with van der Waals surface area (Å²) in [5.41, 5.74) is 5.83. The number of fused-ring (bicyclic) bond motifs is 1. The predicted octanol–water partition coefficient (Wildman–Crippen LogP) is 6.60. The van der Waals surface area contributed by atoms with Gasteiger partial charge in [0.15, 0.2) is 0 Å². The molecule has 1 fully saturated rings. The second-order valence-corrected chi connectivity index (χ2v) is 12.0. The summed E-state index contributed by atoms with van der Waals surface area (Å²) in [5, 5.41) is 26.8. The summed E-state index contributed by atoms with van der Waals surface area (Å²) in [5.74, 6) is 0.357. The molecular weight excluding hydrogens is 529 g/mol. The van der Waals surface area contributed by atoms with Crippen LogP contribution in [0.4, 0.5) is 15.8 Å². The standard InChI is InChI=1S/C32H32FN9/c1-19-35-15-22(16-36-19)26-11-24(12-27-29(38-18-32(2,3)4)21(13-34)14-37-31(26)27)39-30(20-5-7-23(33)8-6-20)28-17-42(41-40-28)25-9-10-25/h5-8,11-12,14-17,25,30,39H,9-10,18H2,1-4H3,(H,37,38). The second-order valence-electron chi connectivity index (χ2n) is 12.0. The molecule has 10 heteroatoms. The van der Waals surface area contributed by atoms with E-state index in [2.05, 4.69) is 57.8 Å². The summed E-state index contributed by atoms with van der Waals surface area (Å²) in [4.78, 5) is 13.6. The van der Waals surface area contributed by atoms with Gasteiger partial charge in [0.2, 0.25) is 0 Å². The van der Waals surface area contributed by atoms with Crippen LogP contribution in [0.3, 0.4) is 0 Å². The minimum Gasteiger partial charge on any atom is -0.383 e. The topological polar surface area (TPSA) is 117 Å². The molecule has 6 rings (SSSR count). The largest absolute Gasteiger partial charge is 0.383 e. The Balaban J connectivity index is 1.52. The number of pyridine rings is 1. The van der Waals surface area contributed by atoms with E-state index >= 15 is 0 Å². The van der Waals surface area contributed by atoms with Crippen LogP contribution in [0.25, 0.3) is 22.0 Å². The smallest absolute Gasteiger partial charge is 0.125 e. The molecule has 1 aliphatic rings. The highest BCUT2D eigenvalue weighted by Gasteiger charge is 2.27. The van der Waals surface area contributed by atoms with Crippen LogP contribution in [0.2, 0.25) is 0 Å². The van der Waals surface area contributed by atoms with E-state index in [0.29, 0.717) is 29.7 Å². The van der Waals surface area contributed by atoms with Crippen LogP contribution in [0.5, 0.6) is 0 Å². The molecule has 9 nitrogen and oxygen atoms in total. The Hall–Kier alpha value is -4.91. The van der Waals surface area contributed by atoms with E-state index in [1.165, 1.54) is 12.1 Å². The summed E-state index contributed by atoms with van der Waals surface area (Å²) in [6, 6.07) is 12.7. The minimum atomic E-state index is -0.407. The van der Waals surface area contributed by atoms with Crippen molar-refractivity contribution in [3.63, 3.8) is 0 Å². The summed E-state index contributed by atoms with van der Waals surface area (Å²) in [7, 11) is 0. The fourth-order valence-electron chi connectivity index (χ4n) is 4.86. The lowest BCUT2D eigenvalue weighted by molar-refractivity contribution is 0.443. The van der Waals surface area contributed by atoms with Gasteiger partial charge in [0.1, 0.15) is 23.4 Å². The summed E-state index contributed by atoms with van der Waals surface area (Å²) in [6.45, 7) is 8.91. The highest BCUT2D eigenvalue weighted by Crippen LogP contribution is 2.39. The van der Waals surface area contributed by atoms with Crippen LogP contribution in [-0.4, -0.2) is 36.5 Å². The number of hydrogen-bond acceptors (Lipinski definition) is 8. The van der Waals surface area contributed by atoms with Gasteiger partial charge in [-0.05, 0) is 55.0 Å². The Morgan fingerprint density at radius 1 is 1.07 bits per heavy atom. The monoisotopic (exact) mass is 561 g/mol. The summed E-state index contributed by atoms with van der Waals surface area (Å²) < 4.78 is 15.8. The SMILES string of the molecule is Cc1ncc(-c2cc(NC(c3ccc(F)cc3)c3cn(C4CC4)nn3)cc3c(NCC(C)(C)C)c(C#N)cnc23)cn1. The van der Waals surface area contributed by atoms with Gasteiger partial charge < -0.3 is 10.6 Å². The molecule has 2 N–H and O–H groups in total. The molecule has 1 unspecified atom stereocenters. The minimum absolute atomic E-state index is 0.0210. The highest BCUT2D eigenvalue weighted by atomic mass is 19.1. The van der Waals surface area contributed by atoms with Gasteiger partial charge in [-0.2, -0.15) is 5.26 Å². The zero-order valence-electron chi connectivity index (χ0n) is 24.1. The van der Waals surface area contributed by atoms with Gasteiger partial charge in [0, 0.05) is 47.3 Å². The van der Waals surface area contributed by atoms with Crippen LogP contribution in [0.15, 0.2) is 61.2 Å². The van der Waals surface area contributed by atoms with Crippen molar-refractivity contribution in [2.45, 2.75) is 52.6 Å². The fourth-order valence-corrected chi connectivity index (χ4v) is 4.86. The fraction of sp³-hybridized carbons (Fsp3) is 0.312. The molecule has 1 saturated carbocycles. The first-order valence-corrected chi connectivity index (χ1v) is 14.0. The van der Waals surface area contributed by atoms with Gasteiger partial charge in [-0.3, -0.25) is 4.98 Å². The predicted molar refractivity (Wildman–Crippen MR) is 160 cm³/mol. The van der Waals surface area contributed by atoms with Crippen molar-refractivity contribution in [2.24, 2.45) is 5.41 Å². The van der Waals surface area contributed by atoms with Gasteiger partial charge >= 0.3 is 0 Å². The Labute approximate surface area is 243 Å². The zero-order valence-corrected chi connectivity index (χ0v) is 24.1. The Bertz CT molecular complexity index is 1780. The van der Waals surface area contributed by atoms with Crippen molar-refractivity contribution in [3.8, 4) is 17.2 Å². The second kappa shape index (κ2) is 10.8. The number of anilines is 2. The van der Waals surface area contributed by atoms with E-state index in [1.54, 1.807) is 30.7 Å². The molecule has 1 aliphatic carbocycles. The van der Waals surface area contributed by atoms with Crippen molar-refractivity contribution in [1.29, 1.82) is 5.26 Å². The molecule has 0 amide bonds. The van der Waals surface area contributed by atoms with Crippen LogP contribution in [0.1, 0.15) is 68.3 Å². The van der Waals surface area contributed by atoms with Crippen molar-refractivity contribution in [3.05, 3.63) is 89.6 Å². The molecule has 2 aromatic carbocycles. The lowest BCUT2D eigenvalue weighted by Crippen LogP contribution is -2.20. The number of nitriles is 1. The van der Waals surface area contributed by atoms with Crippen molar-refractivity contribution < 1.29 is 4.39 Å². The number of halogens is 1. The molecule has 0 saturated heterocycles. The molecule has 5 aromatic rings. The first-order chi connectivity index (χ1) is 20.2. The lowest BCUT2D eigenvalue weighted by atomic mass is 9.95. The average molecular weight is 562 g/mol. The maximum Gasteiger partial charge on any atom is 0.125 e. The van der Waals surface area contributed by atoms with E-state index in [9.17, 15) is 9.65 Å². The number of hydrogen-bond donors (Lipinski definition) is 2. The number of aromatic nitrogens is 6. The molecule has 0 bridgehead atoms. The molecule has 3 heterocycles. The summed E-state index contributed by atoms with van der Waals surface area (Å²) >= 11 is 0. The Kier molecular flexibility index (Phi) is 7.02. The lowest BCUT2D eigenvalue weighted by Gasteiger charge is -2.23. The first kappa shape index (κ1) is 27.3. The molecule has 212 valence electrons. The van der Waals surface area contributed by atoms with E-state index in [4.69, 9.17) is 4.98 Å². The van der Waals surface area contributed by atoms with Crippen LogP contribution < -0.4 is 10.6 Å². The van der Waals surface area contributed by atoms with Gasteiger partial charge in [-0.15, -0.1) is 5.10 Å². The maximum atomic E-state index is 13.9. The van der Waals surface area contributed by atoms with Crippen LogP contribution in [-0.2, 0) is 0 Å². The molecule has 0 aliphatic heterocycles. The number of aryl methyl sites for hydroxylation is 1. The van der Waals surface area contributed by atoms with Gasteiger partial charge in [-0.25, -0.2) is 19.0 Å². The molecule has 42 heavy (non-hydrogen) atoms. The zero-order chi connectivity index (χ0) is 29.4. The molecule has 1 atom stereocenters. The normalized spacial score (nSPS) is 14.0. The molecule has 0 spiro atoms. The molecule has 3 aromatic heterocycles. The molecule has 0 radical (unpaired) electrons.